The molecule has 0 bridgehead atoms. The van der Waals surface area contributed by atoms with Crippen molar-refractivity contribution in [2.45, 2.75) is 6.42 Å². The molecule has 0 unspecified atom stereocenters. The minimum absolute atomic E-state index is 0.219. The standard InChI is InChI=1S/C18H18N2O4/c1-20(18-19-15-8-2-3-9-16(15)24-18)10-5-11-23-14-7-4-6-13(12-14)17(21)22/h2-4,6-9,12H,5,10-11H2,1H3,(H,21,22). The summed E-state index contributed by atoms with van der Waals surface area (Å²) in [5.74, 6) is -0.407. The summed E-state index contributed by atoms with van der Waals surface area (Å²) < 4.78 is 11.3. The molecule has 6 nitrogen and oxygen atoms in total. The van der Waals surface area contributed by atoms with E-state index in [0.29, 0.717) is 24.9 Å². The third-order valence-electron chi connectivity index (χ3n) is 3.60. The molecule has 1 aromatic heterocycles. The number of aromatic carboxylic acids is 1. The number of fused-ring (bicyclic) bond motifs is 1. The molecular weight excluding hydrogens is 308 g/mol. The van der Waals surface area contributed by atoms with E-state index in [0.717, 1.165) is 17.5 Å². The summed E-state index contributed by atoms with van der Waals surface area (Å²) in [7, 11) is 1.91. The second-order valence-corrected chi connectivity index (χ2v) is 5.42. The van der Waals surface area contributed by atoms with Crippen LogP contribution in [0.2, 0.25) is 0 Å². The lowest BCUT2D eigenvalue weighted by Crippen LogP contribution is -2.20. The second-order valence-electron chi connectivity index (χ2n) is 5.42. The zero-order valence-electron chi connectivity index (χ0n) is 13.3. The van der Waals surface area contributed by atoms with Crippen molar-refractivity contribution in [3.8, 4) is 5.75 Å². The van der Waals surface area contributed by atoms with Gasteiger partial charge in [0.2, 0.25) is 0 Å². The van der Waals surface area contributed by atoms with Gasteiger partial charge in [-0.25, -0.2) is 4.79 Å². The maximum absolute atomic E-state index is 10.9. The Labute approximate surface area is 139 Å². The van der Waals surface area contributed by atoms with E-state index in [1.54, 1.807) is 12.1 Å². The maximum atomic E-state index is 10.9. The van der Waals surface area contributed by atoms with Gasteiger partial charge in [-0.1, -0.05) is 18.2 Å². The Hall–Kier alpha value is -3.02. The Kier molecular flexibility index (Phi) is 4.65. The van der Waals surface area contributed by atoms with Crippen molar-refractivity contribution >= 4 is 23.1 Å². The average molecular weight is 326 g/mol. The van der Waals surface area contributed by atoms with Crippen LogP contribution in [-0.4, -0.2) is 36.3 Å². The van der Waals surface area contributed by atoms with Gasteiger partial charge in [0.25, 0.3) is 6.01 Å². The van der Waals surface area contributed by atoms with Crippen LogP contribution in [0, 0.1) is 0 Å². The molecule has 3 rings (SSSR count). The van der Waals surface area contributed by atoms with E-state index in [1.165, 1.54) is 12.1 Å². The van der Waals surface area contributed by atoms with Crippen molar-refractivity contribution in [1.29, 1.82) is 0 Å². The van der Waals surface area contributed by atoms with Crippen LogP contribution in [0.4, 0.5) is 6.01 Å². The van der Waals surface area contributed by atoms with Gasteiger partial charge in [-0.2, -0.15) is 4.98 Å². The van der Waals surface area contributed by atoms with Gasteiger partial charge in [0.1, 0.15) is 11.3 Å². The molecule has 2 aromatic carbocycles. The molecule has 1 heterocycles. The van der Waals surface area contributed by atoms with E-state index < -0.39 is 5.97 Å². The number of benzene rings is 2. The Bertz CT molecular complexity index is 811. The summed E-state index contributed by atoms with van der Waals surface area (Å²) in [5.41, 5.74) is 1.82. The van der Waals surface area contributed by atoms with Crippen molar-refractivity contribution in [3.63, 3.8) is 0 Å². The lowest BCUT2D eigenvalue weighted by molar-refractivity contribution is 0.0696. The van der Waals surface area contributed by atoms with E-state index in [9.17, 15) is 4.79 Å². The van der Waals surface area contributed by atoms with Gasteiger partial charge >= 0.3 is 5.97 Å². The van der Waals surface area contributed by atoms with Crippen LogP contribution in [-0.2, 0) is 0 Å². The molecule has 0 saturated heterocycles. The van der Waals surface area contributed by atoms with Crippen molar-refractivity contribution in [3.05, 3.63) is 54.1 Å². The number of para-hydroxylation sites is 2. The monoisotopic (exact) mass is 326 g/mol. The fourth-order valence-electron chi connectivity index (χ4n) is 2.33. The molecule has 0 aliphatic carbocycles. The Balaban J connectivity index is 1.51. The van der Waals surface area contributed by atoms with Crippen LogP contribution in [0.25, 0.3) is 11.1 Å². The highest BCUT2D eigenvalue weighted by Crippen LogP contribution is 2.20. The van der Waals surface area contributed by atoms with Gasteiger partial charge < -0.3 is 19.2 Å². The van der Waals surface area contributed by atoms with Crippen LogP contribution in [0.1, 0.15) is 16.8 Å². The molecule has 0 aliphatic rings. The molecule has 0 saturated carbocycles. The zero-order valence-corrected chi connectivity index (χ0v) is 13.3. The molecule has 1 N–H and O–H groups in total. The van der Waals surface area contributed by atoms with Gasteiger partial charge in [0.15, 0.2) is 5.58 Å². The van der Waals surface area contributed by atoms with Crippen molar-refractivity contribution in [1.82, 2.24) is 4.98 Å². The molecule has 0 amide bonds. The average Bonchev–Trinajstić information content (AvgIpc) is 3.03. The van der Waals surface area contributed by atoms with E-state index in [4.69, 9.17) is 14.3 Å². The van der Waals surface area contributed by atoms with Crippen molar-refractivity contribution < 1.29 is 19.1 Å². The first-order valence-electron chi connectivity index (χ1n) is 7.66. The first-order valence-corrected chi connectivity index (χ1v) is 7.66. The van der Waals surface area contributed by atoms with Crippen LogP contribution in [0.15, 0.2) is 52.9 Å². The highest BCUT2D eigenvalue weighted by Gasteiger charge is 2.10. The number of anilines is 1. The summed E-state index contributed by atoms with van der Waals surface area (Å²) in [5, 5.41) is 8.96. The number of ether oxygens (including phenoxy) is 1. The first-order chi connectivity index (χ1) is 11.6. The van der Waals surface area contributed by atoms with E-state index >= 15 is 0 Å². The molecule has 6 heteroatoms. The van der Waals surface area contributed by atoms with Gasteiger partial charge in [-0.3, -0.25) is 0 Å². The van der Waals surface area contributed by atoms with Crippen molar-refractivity contribution in [2.24, 2.45) is 0 Å². The zero-order chi connectivity index (χ0) is 16.9. The highest BCUT2D eigenvalue weighted by atomic mass is 16.5. The van der Waals surface area contributed by atoms with Crippen molar-refractivity contribution in [2.75, 3.05) is 25.1 Å². The number of carboxylic acid groups (broad SMARTS) is 1. The smallest absolute Gasteiger partial charge is 0.335 e. The normalized spacial score (nSPS) is 10.7. The molecule has 124 valence electrons. The predicted molar refractivity (Wildman–Crippen MR) is 90.8 cm³/mol. The molecule has 0 fully saturated rings. The summed E-state index contributed by atoms with van der Waals surface area (Å²) in [6.07, 6.45) is 0.756. The van der Waals surface area contributed by atoms with E-state index in [-0.39, 0.29) is 5.56 Å². The Morgan fingerprint density at radius 2 is 2.08 bits per heavy atom. The molecule has 3 aromatic rings. The number of oxazole rings is 1. The van der Waals surface area contributed by atoms with E-state index in [1.807, 2.05) is 36.2 Å². The predicted octanol–water partition coefficient (Wildman–Crippen LogP) is 3.43. The summed E-state index contributed by atoms with van der Waals surface area (Å²) >= 11 is 0. The third kappa shape index (κ3) is 3.65. The Morgan fingerprint density at radius 1 is 1.25 bits per heavy atom. The van der Waals surface area contributed by atoms with Crippen LogP contribution >= 0.6 is 0 Å². The quantitative estimate of drug-likeness (QED) is 0.670. The largest absolute Gasteiger partial charge is 0.494 e. The molecule has 0 radical (unpaired) electrons. The fraction of sp³-hybridized carbons (Fsp3) is 0.222. The number of hydrogen-bond donors (Lipinski definition) is 1. The lowest BCUT2D eigenvalue weighted by atomic mass is 10.2. The van der Waals surface area contributed by atoms with Gasteiger partial charge in [0.05, 0.1) is 12.2 Å². The number of carbonyl (C=O) groups is 1. The minimum Gasteiger partial charge on any atom is -0.494 e. The Morgan fingerprint density at radius 3 is 2.88 bits per heavy atom. The summed E-state index contributed by atoms with van der Waals surface area (Å²) in [6, 6.07) is 14.7. The van der Waals surface area contributed by atoms with Crippen LogP contribution in [0.5, 0.6) is 5.75 Å². The maximum Gasteiger partial charge on any atom is 0.335 e. The molecule has 0 atom stereocenters. The third-order valence-corrected chi connectivity index (χ3v) is 3.60. The number of carboxylic acids is 1. The number of hydrogen-bond acceptors (Lipinski definition) is 5. The topological polar surface area (TPSA) is 75.8 Å². The molecular formula is C18H18N2O4. The minimum atomic E-state index is -0.962. The molecule has 0 aliphatic heterocycles. The van der Waals surface area contributed by atoms with Crippen LogP contribution < -0.4 is 9.64 Å². The van der Waals surface area contributed by atoms with Gasteiger partial charge in [-0.05, 0) is 36.8 Å². The van der Waals surface area contributed by atoms with Gasteiger partial charge in [0, 0.05) is 13.6 Å². The fourth-order valence-corrected chi connectivity index (χ4v) is 2.33. The number of aromatic nitrogens is 1. The number of rotatable bonds is 7. The highest BCUT2D eigenvalue weighted by molar-refractivity contribution is 5.88. The summed E-state index contributed by atoms with van der Waals surface area (Å²) in [4.78, 5) is 17.3. The lowest BCUT2D eigenvalue weighted by Gasteiger charge is -2.14. The SMILES string of the molecule is CN(CCCOc1cccc(C(=O)O)c1)c1nc2ccccc2o1. The van der Waals surface area contributed by atoms with Crippen LogP contribution in [0.3, 0.4) is 0 Å². The molecule has 0 spiro atoms. The summed E-state index contributed by atoms with van der Waals surface area (Å²) in [6.45, 7) is 1.19. The second kappa shape index (κ2) is 7.04. The van der Waals surface area contributed by atoms with E-state index in [2.05, 4.69) is 4.98 Å². The number of nitrogens with zero attached hydrogens (tertiary/aromatic N) is 2. The molecule has 24 heavy (non-hydrogen) atoms. The van der Waals surface area contributed by atoms with Gasteiger partial charge in [-0.15, -0.1) is 0 Å². The first kappa shape index (κ1) is 15.9.